The monoisotopic (exact) mass is 457 g/mol. The van der Waals surface area contributed by atoms with Crippen LogP contribution in [0.5, 0.6) is 11.5 Å². The molecule has 1 N–H and O–H groups in total. The van der Waals surface area contributed by atoms with Gasteiger partial charge in [0.25, 0.3) is 0 Å². The van der Waals surface area contributed by atoms with E-state index in [-0.39, 0.29) is 12.1 Å². The van der Waals surface area contributed by atoms with Crippen LogP contribution in [0.2, 0.25) is 0 Å². The third-order valence-corrected chi connectivity index (χ3v) is 6.04. The van der Waals surface area contributed by atoms with Crippen molar-refractivity contribution in [3.63, 3.8) is 0 Å². The second-order valence-electron chi connectivity index (χ2n) is 7.53. The van der Waals surface area contributed by atoms with Gasteiger partial charge in [0.15, 0.2) is 5.11 Å². The lowest BCUT2D eigenvalue weighted by atomic mass is 10.0. The maximum Gasteiger partial charge on any atom is 0.174 e. The van der Waals surface area contributed by atoms with Crippen LogP contribution < -0.4 is 19.7 Å². The highest BCUT2D eigenvalue weighted by atomic mass is 32.1. The van der Waals surface area contributed by atoms with E-state index in [1.807, 2.05) is 66.9 Å². The van der Waals surface area contributed by atoms with Gasteiger partial charge in [0.1, 0.15) is 23.4 Å². The van der Waals surface area contributed by atoms with Crippen LogP contribution in [-0.2, 0) is 0 Å². The zero-order chi connectivity index (χ0) is 22.8. The Labute approximate surface area is 197 Å². The van der Waals surface area contributed by atoms with Crippen molar-refractivity contribution in [2.75, 3.05) is 19.1 Å². The van der Waals surface area contributed by atoms with Crippen molar-refractivity contribution in [1.82, 2.24) is 19.9 Å². The van der Waals surface area contributed by atoms with Gasteiger partial charge in [-0.25, -0.2) is 4.98 Å². The Balaban J connectivity index is 1.69. The first-order valence-electron chi connectivity index (χ1n) is 10.5. The van der Waals surface area contributed by atoms with Gasteiger partial charge >= 0.3 is 0 Å². The minimum absolute atomic E-state index is 0.178. The molecule has 3 aromatic heterocycles. The molecule has 1 aliphatic heterocycles. The van der Waals surface area contributed by atoms with E-state index in [1.54, 1.807) is 26.6 Å². The molecular weight excluding hydrogens is 434 g/mol. The fourth-order valence-electron chi connectivity index (χ4n) is 4.24. The molecule has 4 heterocycles. The van der Waals surface area contributed by atoms with Crippen LogP contribution in [0, 0.1) is 0 Å². The van der Waals surface area contributed by atoms with Crippen LogP contribution in [-0.4, -0.2) is 33.9 Å². The van der Waals surface area contributed by atoms with E-state index in [0.29, 0.717) is 16.6 Å². The molecule has 2 atom stereocenters. The lowest BCUT2D eigenvalue weighted by molar-refractivity contribution is 0.394. The minimum Gasteiger partial charge on any atom is -0.497 e. The summed E-state index contributed by atoms with van der Waals surface area (Å²) in [5.41, 5.74) is 2.76. The lowest BCUT2D eigenvalue weighted by Crippen LogP contribution is -2.30. The van der Waals surface area contributed by atoms with Crippen LogP contribution in [0.3, 0.4) is 0 Å². The Morgan fingerprint density at radius 3 is 2.42 bits per heavy atom. The van der Waals surface area contributed by atoms with Crippen LogP contribution in [0.1, 0.15) is 23.5 Å². The number of nitrogens with zero attached hydrogens (tertiary/aromatic N) is 4. The van der Waals surface area contributed by atoms with Gasteiger partial charge in [0.05, 0.1) is 31.6 Å². The van der Waals surface area contributed by atoms with E-state index in [2.05, 4.69) is 30.8 Å². The van der Waals surface area contributed by atoms with E-state index >= 15 is 0 Å². The fourth-order valence-corrected chi connectivity index (χ4v) is 4.58. The molecule has 0 aliphatic carbocycles. The Hall–Kier alpha value is -3.91. The highest BCUT2D eigenvalue weighted by molar-refractivity contribution is 7.80. The molecule has 0 saturated carbocycles. The number of anilines is 1. The Kier molecular flexibility index (Phi) is 5.66. The van der Waals surface area contributed by atoms with Crippen LogP contribution >= 0.6 is 12.2 Å². The van der Waals surface area contributed by atoms with E-state index < -0.39 is 0 Å². The van der Waals surface area contributed by atoms with Crippen molar-refractivity contribution >= 4 is 23.0 Å². The quantitative estimate of drug-likeness (QED) is 0.429. The average Bonchev–Trinajstić information content (AvgIpc) is 3.49. The molecule has 5 rings (SSSR count). The third-order valence-electron chi connectivity index (χ3n) is 5.72. The van der Waals surface area contributed by atoms with E-state index in [4.69, 9.17) is 21.7 Å². The summed E-state index contributed by atoms with van der Waals surface area (Å²) in [5.74, 6) is 2.21. The summed E-state index contributed by atoms with van der Waals surface area (Å²) < 4.78 is 13.2. The van der Waals surface area contributed by atoms with Crippen LogP contribution in [0.4, 0.5) is 5.69 Å². The molecule has 33 heavy (non-hydrogen) atoms. The maximum absolute atomic E-state index is 5.85. The van der Waals surface area contributed by atoms with E-state index in [0.717, 1.165) is 22.9 Å². The number of rotatable bonds is 6. The normalized spacial score (nSPS) is 17.6. The molecule has 166 valence electrons. The molecule has 1 aromatic carbocycles. The molecule has 1 saturated heterocycles. The van der Waals surface area contributed by atoms with Gasteiger partial charge < -0.3 is 24.3 Å². The average molecular weight is 458 g/mol. The summed E-state index contributed by atoms with van der Waals surface area (Å²) in [4.78, 5) is 11.3. The van der Waals surface area contributed by atoms with Crippen LogP contribution in [0.25, 0.3) is 5.82 Å². The number of aromatic nitrogens is 3. The van der Waals surface area contributed by atoms with Crippen molar-refractivity contribution in [2.45, 2.75) is 12.1 Å². The number of methoxy groups -OCH3 is 2. The number of hydrogen-bond donors (Lipinski definition) is 1. The predicted molar refractivity (Wildman–Crippen MR) is 131 cm³/mol. The van der Waals surface area contributed by atoms with Crippen LogP contribution in [0.15, 0.2) is 85.3 Å². The molecule has 0 spiro atoms. The topological polar surface area (TPSA) is 64.4 Å². The van der Waals surface area contributed by atoms with Gasteiger partial charge in [0.2, 0.25) is 0 Å². The molecule has 0 amide bonds. The summed E-state index contributed by atoms with van der Waals surface area (Å²) in [5, 5.41) is 4.08. The van der Waals surface area contributed by atoms with Crippen molar-refractivity contribution in [1.29, 1.82) is 0 Å². The molecule has 0 radical (unpaired) electrons. The zero-order valence-corrected chi connectivity index (χ0v) is 19.1. The third kappa shape index (κ3) is 3.78. The summed E-state index contributed by atoms with van der Waals surface area (Å²) in [6, 6.07) is 21.2. The number of benzene rings is 1. The zero-order valence-electron chi connectivity index (χ0n) is 18.3. The van der Waals surface area contributed by atoms with Crippen molar-refractivity contribution in [3.8, 4) is 17.3 Å². The highest BCUT2D eigenvalue weighted by Crippen LogP contribution is 2.45. The lowest BCUT2D eigenvalue weighted by Gasteiger charge is -2.29. The van der Waals surface area contributed by atoms with Crippen molar-refractivity contribution in [3.05, 3.63) is 96.7 Å². The van der Waals surface area contributed by atoms with E-state index in [1.165, 1.54) is 0 Å². The second kappa shape index (κ2) is 8.91. The molecule has 0 bridgehead atoms. The number of pyridine rings is 2. The van der Waals surface area contributed by atoms with E-state index in [9.17, 15) is 0 Å². The summed E-state index contributed by atoms with van der Waals surface area (Å²) in [7, 11) is 3.28. The summed E-state index contributed by atoms with van der Waals surface area (Å²) in [6.45, 7) is 0. The molecular formula is C25H23N5O2S. The van der Waals surface area contributed by atoms with Gasteiger partial charge in [-0.1, -0.05) is 12.1 Å². The number of hydrogen-bond acceptors (Lipinski definition) is 5. The SMILES string of the molecule is COc1ccc(N2C(=S)N[C@H](c3ccccn3)[C@H]2c2cccn2-c2ccccn2)c(OC)c1. The van der Waals surface area contributed by atoms with Crippen molar-refractivity contribution in [2.24, 2.45) is 0 Å². The van der Waals surface area contributed by atoms with Gasteiger partial charge in [0, 0.05) is 30.4 Å². The predicted octanol–water partition coefficient (Wildman–Crippen LogP) is 4.46. The van der Waals surface area contributed by atoms with Gasteiger partial charge in [-0.3, -0.25) is 4.98 Å². The Morgan fingerprint density at radius 2 is 1.73 bits per heavy atom. The number of nitrogens with one attached hydrogen (secondary N) is 1. The standard InChI is InChI=1S/C25H23N5O2S/c1-31-17-11-12-19(21(16-17)32-2)30-24(23(28-25(30)33)18-8-3-5-13-26-18)20-9-7-15-29(20)22-10-4-6-14-27-22/h3-16,23-24H,1-2H3,(H,28,33)/t23-,24-/m1/s1. The first-order chi connectivity index (χ1) is 16.2. The molecule has 4 aromatic rings. The number of thiocarbonyl (C=S) groups is 1. The molecule has 8 heteroatoms. The molecule has 1 fully saturated rings. The first-order valence-corrected chi connectivity index (χ1v) is 10.9. The smallest absolute Gasteiger partial charge is 0.174 e. The molecule has 0 unspecified atom stereocenters. The van der Waals surface area contributed by atoms with Gasteiger partial charge in [-0.05, 0) is 60.7 Å². The maximum atomic E-state index is 5.85. The minimum atomic E-state index is -0.202. The summed E-state index contributed by atoms with van der Waals surface area (Å²) >= 11 is 5.85. The number of ether oxygens (including phenoxy) is 2. The molecule has 1 aliphatic rings. The van der Waals surface area contributed by atoms with Gasteiger partial charge in [-0.2, -0.15) is 0 Å². The first kappa shape index (κ1) is 21.0. The fraction of sp³-hybridized carbons (Fsp3) is 0.160. The molecule has 7 nitrogen and oxygen atoms in total. The largest absolute Gasteiger partial charge is 0.497 e. The van der Waals surface area contributed by atoms with Gasteiger partial charge in [-0.15, -0.1) is 0 Å². The highest BCUT2D eigenvalue weighted by Gasteiger charge is 2.43. The Bertz CT molecular complexity index is 1260. The summed E-state index contributed by atoms with van der Waals surface area (Å²) in [6.07, 6.45) is 5.60. The van der Waals surface area contributed by atoms with Crippen molar-refractivity contribution < 1.29 is 9.47 Å². The second-order valence-corrected chi connectivity index (χ2v) is 7.91. The Morgan fingerprint density at radius 1 is 0.909 bits per heavy atom.